The maximum atomic E-state index is 12.4. The molecule has 1 heterocycles. The Hall–Kier alpha value is -2.90. The molecule has 1 fully saturated rings. The van der Waals surface area contributed by atoms with Crippen LogP contribution < -0.4 is 10.1 Å². The van der Waals surface area contributed by atoms with Crippen molar-refractivity contribution in [1.82, 2.24) is 14.7 Å². The van der Waals surface area contributed by atoms with E-state index in [1.165, 1.54) is 0 Å². The molecule has 0 aromatic heterocycles. The van der Waals surface area contributed by atoms with Gasteiger partial charge in [0.25, 0.3) is 0 Å². The number of carbonyl (C=O) groups is 2. The number of ether oxygens (including phenoxy) is 1. The second kappa shape index (κ2) is 12.2. The maximum Gasteiger partial charge on any atom is 0.238 e. The summed E-state index contributed by atoms with van der Waals surface area (Å²) in [7, 11) is 0. The molecule has 3 rings (SSSR count). The fourth-order valence-corrected chi connectivity index (χ4v) is 3.75. The van der Waals surface area contributed by atoms with E-state index >= 15 is 0 Å². The van der Waals surface area contributed by atoms with Crippen molar-refractivity contribution in [2.45, 2.75) is 20.5 Å². The molecule has 7 nitrogen and oxygen atoms in total. The highest BCUT2D eigenvalue weighted by Gasteiger charge is 2.22. The van der Waals surface area contributed by atoms with E-state index in [-0.39, 0.29) is 11.8 Å². The average Bonchev–Trinajstić information content (AvgIpc) is 2.81. The fourth-order valence-electron chi connectivity index (χ4n) is 3.75. The molecule has 0 radical (unpaired) electrons. The summed E-state index contributed by atoms with van der Waals surface area (Å²) in [5, 5.41) is 2.95. The quantitative estimate of drug-likeness (QED) is 0.618. The highest BCUT2D eigenvalue weighted by molar-refractivity contribution is 5.92. The minimum atomic E-state index is -0.0318. The molecule has 0 atom stereocenters. The van der Waals surface area contributed by atoms with Gasteiger partial charge in [-0.05, 0) is 43.7 Å². The van der Waals surface area contributed by atoms with Crippen molar-refractivity contribution in [1.29, 1.82) is 0 Å². The minimum Gasteiger partial charge on any atom is -0.489 e. The first kappa shape index (κ1) is 23.8. The predicted octanol–water partition coefficient (Wildman–Crippen LogP) is 2.69. The van der Waals surface area contributed by atoms with Gasteiger partial charge >= 0.3 is 0 Å². The Morgan fingerprint density at radius 3 is 2.06 bits per heavy atom. The Morgan fingerprint density at radius 1 is 0.875 bits per heavy atom. The Bertz CT molecular complexity index is 845. The second-order valence-electron chi connectivity index (χ2n) is 7.97. The lowest BCUT2D eigenvalue weighted by Gasteiger charge is -2.34. The average molecular weight is 439 g/mol. The molecule has 0 unspecified atom stereocenters. The number of hydrogen-bond donors (Lipinski definition) is 1. The first-order valence-corrected chi connectivity index (χ1v) is 11.4. The van der Waals surface area contributed by atoms with E-state index in [4.69, 9.17) is 4.74 Å². The standard InChI is InChI=1S/C25H34N4O3/c1-3-29(4-2)25(31)19-28-16-14-27(15-17-28)18-24(30)26-22-10-12-23(13-11-22)32-20-21-8-6-5-7-9-21/h5-13H,3-4,14-20H2,1-2H3,(H,26,30). The topological polar surface area (TPSA) is 65.1 Å². The fraction of sp³-hybridized carbons (Fsp3) is 0.440. The zero-order chi connectivity index (χ0) is 22.8. The van der Waals surface area contributed by atoms with Gasteiger partial charge in [0.2, 0.25) is 11.8 Å². The number of hydrogen-bond acceptors (Lipinski definition) is 5. The number of nitrogens with zero attached hydrogens (tertiary/aromatic N) is 3. The Morgan fingerprint density at radius 2 is 1.47 bits per heavy atom. The lowest BCUT2D eigenvalue weighted by atomic mass is 10.2. The molecule has 0 bridgehead atoms. The van der Waals surface area contributed by atoms with Crippen molar-refractivity contribution in [3.63, 3.8) is 0 Å². The molecule has 0 saturated carbocycles. The monoisotopic (exact) mass is 438 g/mol. The first-order chi connectivity index (χ1) is 15.6. The first-order valence-electron chi connectivity index (χ1n) is 11.4. The highest BCUT2D eigenvalue weighted by Crippen LogP contribution is 2.17. The molecule has 1 aliphatic rings. The summed E-state index contributed by atoms with van der Waals surface area (Å²) < 4.78 is 5.79. The van der Waals surface area contributed by atoms with Gasteiger partial charge in [-0.3, -0.25) is 19.4 Å². The van der Waals surface area contributed by atoms with Gasteiger partial charge < -0.3 is 15.0 Å². The lowest BCUT2D eigenvalue weighted by molar-refractivity contribution is -0.132. The van der Waals surface area contributed by atoms with Gasteiger partial charge in [0.15, 0.2) is 0 Å². The van der Waals surface area contributed by atoms with Crippen LogP contribution in [0.4, 0.5) is 5.69 Å². The SMILES string of the molecule is CCN(CC)C(=O)CN1CCN(CC(=O)Nc2ccc(OCc3ccccc3)cc2)CC1. The number of rotatable bonds is 10. The molecule has 2 aromatic carbocycles. The number of nitrogens with one attached hydrogen (secondary N) is 1. The Kier molecular flexibility index (Phi) is 9.07. The highest BCUT2D eigenvalue weighted by atomic mass is 16.5. The van der Waals surface area contributed by atoms with E-state index < -0.39 is 0 Å². The Labute approximate surface area is 190 Å². The maximum absolute atomic E-state index is 12.4. The van der Waals surface area contributed by atoms with Crippen molar-refractivity contribution in [3.05, 3.63) is 60.2 Å². The minimum absolute atomic E-state index is 0.0318. The molecule has 32 heavy (non-hydrogen) atoms. The summed E-state index contributed by atoms with van der Waals surface area (Å²) in [4.78, 5) is 30.9. The third-order valence-electron chi connectivity index (χ3n) is 5.69. The van der Waals surface area contributed by atoms with Crippen molar-refractivity contribution in [2.75, 3.05) is 57.7 Å². The lowest BCUT2D eigenvalue weighted by Crippen LogP contribution is -2.51. The van der Waals surface area contributed by atoms with Crippen LogP contribution in [0.15, 0.2) is 54.6 Å². The third-order valence-corrected chi connectivity index (χ3v) is 5.69. The summed E-state index contributed by atoms with van der Waals surface area (Å²) in [5.74, 6) is 0.912. The number of piperazine rings is 1. The van der Waals surface area contributed by atoms with Gasteiger partial charge in [0.1, 0.15) is 12.4 Å². The van der Waals surface area contributed by atoms with E-state index in [0.717, 1.165) is 56.3 Å². The smallest absolute Gasteiger partial charge is 0.238 e. The molecular formula is C25H34N4O3. The van der Waals surface area contributed by atoms with Gasteiger partial charge in [0, 0.05) is 45.0 Å². The van der Waals surface area contributed by atoms with Gasteiger partial charge in [-0.2, -0.15) is 0 Å². The molecule has 1 saturated heterocycles. The van der Waals surface area contributed by atoms with Gasteiger partial charge in [0.05, 0.1) is 13.1 Å². The molecule has 172 valence electrons. The molecule has 7 heteroatoms. The number of anilines is 1. The van der Waals surface area contributed by atoms with Crippen LogP contribution in [0.1, 0.15) is 19.4 Å². The van der Waals surface area contributed by atoms with Crippen LogP contribution in [0.5, 0.6) is 5.75 Å². The molecule has 1 N–H and O–H groups in total. The summed E-state index contributed by atoms with van der Waals surface area (Å²) >= 11 is 0. The van der Waals surface area contributed by atoms with Crippen molar-refractivity contribution in [3.8, 4) is 5.75 Å². The van der Waals surface area contributed by atoms with Crippen molar-refractivity contribution < 1.29 is 14.3 Å². The number of benzene rings is 2. The van der Waals surface area contributed by atoms with Crippen LogP contribution in [-0.2, 0) is 16.2 Å². The van der Waals surface area contributed by atoms with Crippen LogP contribution in [-0.4, -0.2) is 78.9 Å². The normalized spacial score (nSPS) is 14.7. The zero-order valence-electron chi connectivity index (χ0n) is 19.1. The van der Waals surface area contributed by atoms with E-state index in [1.54, 1.807) is 0 Å². The third kappa shape index (κ3) is 7.35. The van der Waals surface area contributed by atoms with Gasteiger partial charge in [-0.1, -0.05) is 30.3 Å². The van der Waals surface area contributed by atoms with Crippen LogP contribution >= 0.6 is 0 Å². The molecule has 0 spiro atoms. The van der Waals surface area contributed by atoms with E-state index in [9.17, 15) is 9.59 Å². The summed E-state index contributed by atoms with van der Waals surface area (Å²) in [6.07, 6.45) is 0. The van der Waals surface area contributed by atoms with E-state index in [1.807, 2.05) is 73.3 Å². The van der Waals surface area contributed by atoms with Crippen LogP contribution in [0.2, 0.25) is 0 Å². The number of carbonyl (C=O) groups excluding carboxylic acids is 2. The summed E-state index contributed by atoms with van der Waals surface area (Å²) in [5.41, 5.74) is 1.87. The predicted molar refractivity (Wildman–Crippen MR) is 127 cm³/mol. The van der Waals surface area contributed by atoms with Crippen LogP contribution in [0.3, 0.4) is 0 Å². The largest absolute Gasteiger partial charge is 0.489 e. The molecule has 1 aliphatic heterocycles. The summed E-state index contributed by atoms with van der Waals surface area (Å²) in [6.45, 7) is 9.99. The van der Waals surface area contributed by atoms with Gasteiger partial charge in [-0.25, -0.2) is 0 Å². The molecule has 0 aliphatic carbocycles. The van der Waals surface area contributed by atoms with E-state index in [0.29, 0.717) is 19.7 Å². The van der Waals surface area contributed by atoms with Crippen LogP contribution in [0.25, 0.3) is 0 Å². The number of likely N-dealkylation sites (N-methyl/N-ethyl adjacent to an activating group) is 1. The number of amides is 2. The second-order valence-corrected chi connectivity index (χ2v) is 7.97. The van der Waals surface area contributed by atoms with Gasteiger partial charge in [-0.15, -0.1) is 0 Å². The molecule has 2 aromatic rings. The Balaban J connectivity index is 1.37. The molecular weight excluding hydrogens is 404 g/mol. The summed E-state index contributed by atoms with van der Waals surface area (Å²) in [6, 6.07) is 17.5. The van der Waals surface area contributed by atoms with Crippen LogP contribution in [0, 0.1) is 0 Å². The van der Waals surface area contributed by atoms with E-state index in [2.05, 4.69) is 15.1 Å². The van der Waals surface area contributed by atoms with Crippen molar-refractivity contribution in [2.24, 2.45) is 0 Å². The van der Waals surface area contributed by atoms with Crippen molar-refractivity contribution >= 4 is 17.5 Å². The zero-order valence-corrected chi connectivity index (χ0v) is 19.1. The molecule has 2 amide bonds.